The van der Waals surface area contributed by atoms with E-state index in [1.165, 1.54) is 5.56 Å². The summed E-state index contributed by atoms with van der Waals surface area (Å²) in [4.78, 5) is 4.98. The van der Waals surface area contributed by atoms with E-state index in [9.17, 15) is 0 Å². The van der Waals surface area contributed by atoms with E-state index in [2.05, 4.69) is 34.6 Å². The van der Waals surface area contributed by atoms with Gasteiger partial charge in [-0.1, -0.05) is 23.7 Å². The molecular weight excluding hydrogens is 323 g/mol. The molecule has 1 fully saturated rings. The van der Waals surface area contributed by atoms with Gasteiger partial charge in [0.1, 0.15) is 0 Å². The van der Waals surface area contributed by atoms with Gasteiger partial charge in [0.05, 0.1) is 0 Å². The van der Waals surface area contributed by atoms with Crippen LogP contribution in [0.2, 0.25) is 5.02 Å². The van der Waals surface area contributed by atoms with E-state index in [0.29, 0.717) is 0 Å². The van der Waals surface area contributed by atoms with Gasteiger partial charge in [0.15, 0.2) is 0 Å². The van der Waals surface area contributed by atoms with E-state index < -0.39 is 0 Å². The zero-order chi connectivity index (χ0) is 12.1. The topological polar surface area (TPSA) is 6.48 Å². The SMILES string of the molecule is Cl.Cl.SCCN1CCN(Cc2ccc(Cl)cc2)CC1. The van der Waals surface area contributed by atoms with Crippen LogP contribution in [0, 0.1) is 0 Å². The van der Waals surface area contributed by atoms with E-state index in [-0.39, 0.29) is 24.8 Å². The van der Waals surface area contributed by atoms with Crippen molar-refractivity contribution in [2.24, 2.45) is 0 Å². The molecule has 0 unspecified atom stereocenters. The van der Waals surface area contributed by atoms with Crippen molar-refractivity contribution in [2.75, 3.05) is 38.5 Å². The molecule has 0 aromatic heterocycles. The van der Waals surface area contributed by atoms with Crippen LogP contribution in [0.4, 0.5) is 0 Å². The third-order valence-corrected chi connectivity index (χ3v) is 3.65. The second-order valence-electron chi connectivity index (χ2n) is 4.47. The summed E-state index contributed by atoms with van der Waals surface area (Å²) in [6.07, 6.45) is 0. The summed E-state index contributed by atoms with van der Waals surface area (Å²) in [6, 6.07) is 8.16. The molecule has 1 heterocycles. The number of piperazine rings is 1. The van der Waals surface area contributed by atoms with Gasteiger partial charge in [-0.2, -0.15) is 12.6 Å². The Balaban J connectivity index is 0.00000162. The molecule has 1 aliphatic rings. The number of halogens is 3. The van der Waals surface area contributed by atoms with Crippen LogP contribution in [-0.4, -0.2) is 48.3 Å². The molecule has 110 valence electrons. The van der Waals surface area contributed by atoms with E-state index >= 15 is 0 Å². The van der Waals surface area contributed by atoms with Gasteiger partial charge < -0.3 is 0 Å². The van der Waals surface area contributed by atoms with Gasteiger partial charge in [-0.15, -0.1) is 24.8 Å². The van der Waals surface area contributed by atoms with Gasteiger partial charge in [0.2, 0.25) is 0 Å². The second-order valence-corrected chi connectivity index (χ2v) is 5.35. The summed E-state index contributed by atoms with van der Waals surface area (Å²) >= 11 is 10.2. The highest BCUT2D eigenvalue weighted by atomic mass is 35.5. The smallest absolute Gasteiger partial charge is 0.0406 e. The quantitative estimate of drug-likeness (QED) is 0.839. The molecule has 2 nitrogen and oxygen atoms in total. The van der Waals surface area contributed by atoms with Crippen molar-refractivity contribution >= 4 is 49.0 Å². The van der Waals surface area contributed by atoms with Crippen LogP contribution in [0.25, 0.3) is 0 Å². The van der Waals surface area contributed by atoms with E-state index in [1.807, 2.05) is 12.1 Å². The van der Waals surface area contributed by atoms with Crippen LogP contribution in [0.3, 0.4) is 0 Å². The molecule has 0 radical (unpaired) electrons. The van der Waals surface area contributed by atoms with E-state index in [4.69, 9.17) is 11.6 Å². The van der Waals surface area contributed by atoms with Crippen molar-refractivity contribution in [2.45, 2.75) is 6.54 Å². The monoisotopic (exact) mass is 342 g/mol. The standard InChI is InChI=1S/C13H19ClN2S.2ClH/c14-13-3-1-12(2-4-13)11-16-7-5-15(6-8-16)9-10-17;;/h1-4,17H,5-11H2;2*1H. The molecule has 0 atom stereocenters. The Labute approximate surface area is 138 Å². The number of hydrogen-bond acceptors (Lipinski definition) is 3. The summed E-state index contributed by atoms with van der Waals surface area (Å²) in [5.74, 6) is 0.956. The van der Waals surface area contributed by atoms with Crippen molar-refractivity contribution < 1.29 is 0 Å². The largest absolute Gasteiger partial charge is 0.300 e. The molecule has 1 saturated heterocycles. The Morgan fingerprint density at radius 3 is 2.00 bits per heavy atom. The zero-order valence-corrected chi connectivity index (χ0v) is 14.1. The first-order chi connectivity index (χ1) is 8.28. The number of thiol groups is 1. The highest BCUT2D eigenvalue weighted by molar-refractivity contribution is 7.80. The average molecular weight is 344 g/mol. The van der Waals surface area contributed by atoms with Crippen molar-refractivity contribution in [3.05, 3.63) is 34.9 Å². The van der Waals surface area contributed by atoms with Crippen molar-refractivity contribution in [3.63, 3.8) is 0 Å². The maximum absolute atomic E-state index is 5.88. The number of hydrogen-bond donors (Lipinski definition) is 1. The lowest BCUT2D eigenvalue weighted by molar-refractivity contribution is 0.133. The number of rotatable bonds is 4. The Kier molecular flexibility index (Phi) is 10.3. The summed E-state index contributed by atoms with van der Waals surface area (Å²) in [7, 11) is 0. The lowest BCUT2D eigenvalue weighted by Gasteiger charge is -2.34. The predicted octanol–water partition coefficient (Wildman–Crippen LogP) is 3.23. The Morgan fingerprint density at radius 1 is 0.947 bits per heavy atom. The third kappa shape index (κ3) is 6.56. The fourth-order valence-electron chi connectivity index (χ4n) is 2.16. The molecule has 0 saturated carbocycles. The molecular formula is C13H21Cl3N2S. The molecule has 0 aliphatic carbocycles. The highest BCUT2D eigenvalue weighted by Gasteiger charge is 2.15. The summed E-state index contributed by atoms with van der Waals surface area (Å²) < 4.78 is 0. The van der Waals surface area contributed by atoms with Crippen LogP contribution < -0.4 is 0 Å². The van der Waals surface area contributed by atoms with Gasteiger partial charge in [-0.3, -0.25) is 9.80 Å². The van der Waals surface area contributed by atoms with Crippen molar-refractivity contribution in [1.82, 2.24) is 9.80 Å². The molecule has 2 rings (SSSR count). The van der Waals surface area contributed by atoms with Crippen LogP contribution in [0.5, 0.6) is 0 Å². The maximum atomic E-state index is 5.88. The Bertz CT molecular complexity index is 340. The second kappa shape index (κ2) is 10.1. The predicted molar refractivity (Wildman–Crippen MR) is 91.5 cm³/mol. The third-order valence-electron chi connectivity index (χ3n) is 3.20. The zero-order valence-electron chi connectivity index (χ0n) is 10.8. The van der Waals surface area contributed by atoms with Gasteiger partial charge in [-0.25, -0.2) is 0 Å². The first-order valence-electron chi connectivity index (χ1n) is 6.08. The van der Waals surface area contributed by atoms with Crippen molar-refractivity contribution in [1.29, 1.82) is 0 Å². The lowest BCUT2D eigenvalue weighted by atomic mass is 10.2. The van der Waals surface area contributed by atoms with Crippen LogP contribution in [0.15, 0.2) is 24.3 Å². The molecule has 1 aromatic carbocycles. The Morgan fingerprint density at radius 2 is 1.47 bits per heavy atom. The summed E-state index contributed by atoms with van der Waals surface area (Å²) in [6.45, 7) is 6.76. The summed E-state index contributed by atoms with van der Waals surface area (Å²) in [5.41, 5.74) is 1.34. The fourth-order valence-corrected chi connectivity index (χ4v) is 2.57. The molecule has 1 aliphatic heterocycles. The summed E-state index contributed by atoms with van der Waals surface area (Å²) in [5, 5.41) is 0.812. The minimum absolute atomic E-state index is 0. The highest BCUT2D eigenvalue weighted by Crippen LogP contribution is 2.12. The van der Waals surface area contributed by atoms with Crippen LogP contribution >= 0.6 is 49.0 Å². The molecule has 0 bridgehead atoms. The van der Waals surface area contributed by atoms with Gasteiger partial charge in [0.25, 0.3) is 0 Å². The van der Waals surface area contributed by atoms with Crippen LogP contribution in [0.1, 0.15) is 5.56 Å². The average Bonchev–Trinajstić information content (AvgIpc) is 2.35. The molecule has 6 heteroatoms. The fraction of sp³-hybridized carbons (Fsp3) is 0.538. The lowest BCUT2D eigenvalue weighted by Crippen LogP contribution is -2.46. The molecule has 19 heavy (non-hydrogen) atoms. The van der Waals surface area contributed by atoms with E-state index in [1.54, 1.807) is 0 Å². The Hall–Kier alpha value is 0.360. The van der Waals surface area contributed by atoms with Gasteiger partial charge >= 0.3 is 0 Å². The first-order valence-corrected chi connectivity index (χ1v) is 7.09. The normalized spacial score (nSPS) is 16.5. The van der Waals surface area contributed by atoms with E-state index in [0.717, 1.165) is 50.0 Å². The molecule has 0 amide bonds. The molecule has 0 N–H and O–H groups in total. The minimum Gasteiger partial charge on any atom is -0.300 e. The molecule has 0 spiro atoms. The van der Waals surface area contributed by atoms with Gasteiger partial charge in [-0.05, 0) is 17.7 Å². The van der Waals surface area contributed by atoms with Crippen molar-refractivity contribution in [3.8, 4) is 0 Å². The number of benzene rings is 1. The van der Waals surface area contributed by atoms with Gasteiger partial charge in [0, 0.05) is 50.0 Å². The number of nitrogens with zero attached hydrogens (tertiary/aromatic N) is 2. The minimum atomic E-state index is 0. The maximum Gasteiger partial charge on any atom is 0.0406 e. The van der Waals surface area contributed by atoms with Crippen LogP contribution in [-0.2, 0) is 6.54 Å². The molecule has 1 aromatic rings. The first kappa shape index (κ1) is 19.4.